The van der Waals surface area contributed by atoms with Gasteiger partial charge in [0.25, 0.3) is 0 Å². The molecule has 0 saturated heterocycles. The van der Waals surface area contributed by atoms with Crippen LogP contribution in [0.25, 0.3) is 0 Å². The van der Waals surface area contributed by atoms with Crippen molar-refractivity contribution < 1.29 is 9.53 Å². The Labute approximate surface area is 154 Å². The largest absolute Gasteiger partial charge is 0.456 e. The molecule has 2 rings (SSSR count). The second kappa shape index (κ2) is 8.34. The van der Waals surface area contributed by atoms with E-state index in [0.717, 1.165) is 16.8 Å². The van der Waals surface area contributed by atoms with Crippen LogP contribution in [0.4, 0.5) is 5.69 Å². The topological polar surface area (TPSA) is 76.7 Å². The molecular formula is C21H25N3O2. The van der Waals surface area contributed by atoms with Gasteiger partial charge in [0.1, 0.15) is 5.60 Å². The first-order valence-corrected chi connectivity index (χ1v) is 8.41. The molecule has 2 aromatic carbocycles. The van der Waals surface area contributed by atoms with E-state index >= 15 is 0 Å². The van der Waals surface area contributed by atoms with Gasteiger partial charge in [0.2, 0.25) is 0 Å². The number of ether oxygens (including phenoxy) is 1. The van der Waals surface area contributed by atoms with Gasteiger partial charge in [-0.2, -0.15) is 5.10 Å². The van der Waals surface area contributed by atoms with E-state index in [2.05, 4.69) is 10.5 Å². The third-order valence-corrected chi connectivity index (χ3v) is 3.46. The highest BCUT2D eigenvalue weighted by molar-refractivity contribution is 6.13. The molecular weight excluding hydrogens is 326 g/mol. The van der Waals surface area contributed by atoms with E-state index in [0.29, 0.717) is 11.3 Å². The third kappa shape index (κ3) is 5.48. The van der Waals surface area contributed by atoms with Gasteiger partial charge in [-0.15, -0.1) is 0 Å². The molecule has 0 unspecified atom stereocenters. The number of hydrogen-bond donors (Lipinski definition) is 2. The van der Waals surface area contributed by atoms with Crippen LogP contribution in [-0.4, -0.2) is 17.3 Å². The summed E-state index contributed by atoms with van der Waals surface area (Å²) >= 11 is 0. The maximum Gasteiger partial charge on any atom is 0.338 e. The first-order chi connectivity index (χ1) is 12.3. The van der Waals surface area contributed by atoms with Gasteiger partial charge in [-0.1, -0.05) is 30.3 Å². The normalized spacial score (nSPS) is 12.6. The van der Waals surface area contributed by atoms with Crippen LogP contribution in [0.3, 0.4) is 0 Å². The molecule has 0 atom stereocenters. The van der Waals surface area contributed by atoms with Gasteiger partial charge in [0, 0.05) is 5.56 Å². The fourth-order valence-corrected chi connectivity index (χ4v) is 2.22. The Bertz CT molecular complexity index is 819. The van der Waals surface area contributed by atoms with E-state index in [1.807, 2.05) is 64.1 Å². The highest BCUT2D eigenvalue weighted by atomic mass is 16.6. The van der Waals surface area contributed by atoms with Crippen molar-refractivity contribution in [3.05, 3.63) is 77.5 Å². The van der Waals surface area contributed by atoms with Crippen LogP contribution in [0, 0.1) is 0 Å². The molecule has 0 aromatic heterocycles. The Morgan fingerprint density at radius 1 is 1.08 bits per heavy atom. The Kier molecular flexibility index (Phi) is 6.17. The van der Waals surface area contributed by atoms with Gasteiger partial charge in [-0.05, 0) is 63.7 Å². The molecule has 0 amide bonds. The van der Waals surface area contributed by atoms with Gasteiger partial charge < -0.3 is 10.5 Å². The molecule has 0 heterocycles. The summed E-state index contributed by atoms with van der Waals surface area (Å²) in [6.07, 6.45) is 1.49. The summed E-state index contributed by atoms with van der Waals surface area (Å²) in [5, 5.41) is 4.48. The Balaban J connectivity index is 2.34. The van der Waals surface area contributed by atoms with Crippen molar-refractivity contribution >= 4 is 17.4 Å². The van der Waals surface area contributed by atoms with E-state index in [9.17, 15) is 4.79 Å². The minimum absolute atomic E-state index is 0.371. The maximum atomic E-state index is 12.3. The predicted molar refractivity (Wildman–Crippen MR) is 106 cm³/mol. The zero-order valence-corrected chi connectivity index (χ0v) is 15.6. The van der Waals surface area contributed by atoms with Crippen molar-refractivity contribution in [3.63, 3.8) is 0 Å². The molecule has 0 bridgehead atoms. The van der Waals surface area contributed by atoms with E-state index in [-0.39, 0.29) is 5.97 Å². The highest BCUT2D eigenvalue weighted by Gasteiger charge is 2.18. The summed E-state index contributed by atoms with van der Waals surface area (Å²) in [6.45, 7) is 7.39. The van der Waals surface area contributed by atoms with Crippen LogP contribution < -0.4 is 11.2 Å². The van der Waals surface area contributed by atoms with E-state index in [4.69, 9.17) is 10.5 Å². The van der Waals surface area contributed by atoms with Gasteiger partial charge in [0.15, 0.2) is 0 Å². The molecule has 0 aliphatic heterocycles. The quantitative estimate of drug-likeness (QED) is 0.478. The fraction of sp³-hybridized carbons (Fsp3) is 0.238. The van der Waals surface area contributed by atoms with Crippen LogP contribution in [0.5, 0.6) is 0 Å². The minimum atomic E-state index is -0.550. The smallest absolute Gasteiger partial charge is 0.338 e. The number of benzene rings is 2. The second-order valence-corrected chi connectivity index (χ2v) is 6.87. The summed E-state index contributed by atoms with van der Waals surface area (Å²) in [7, 11) is 0. The number of nitrogens with two attached hydrogens (primary N) is 1. The summed E-state index contributed by atoms with van der Waals surface area (Å²) in [5.74, 6) is -0.371. The first-order valence-electron chi connectivity index (χ1n) is 8.41. The molecule has 5 nitrogen and oxygen atoms in total. The van der Waals surface area contributed by atoms with Crippen molar-refractivity contribution in [1.82, 2.24) is 0 Å². The summed E-state index contributed by atoms with van der Waals surface area (Å²) in [5.41, 5.74) is 11.7. The van der Waals surface area contributed by atoms with Gasteiger partial charge in [0.05, 0.1) is 17.0 Å². The number of nitrogens with zero attached hydrogens (tertiary/aromatic N) is 1. The molecule has 0 saturated carbocycles. The zero-order chi connectivity index (χ0) is 19.2. The van der Waals surface area contributed by atoms with Crippen LogP contribution in [0.2, 0.25) is 0 Å². The molecule has 0 aliphatic carbocycles. The van der Waals surface area contributed by atoms with Crippen LogP contribution >= 0.6 is 0 Å². The van der Waals surface area contributed by atoms with Gasteiger partial charge in [-0.25, -0.2) is 4.79 Å². The maximum absolute atomic E-state index is 12.3. The number of rotatable bonds is 5. The molecule has 2 aromatic rings. The molecule has 0 radical (unpaired) electrons. The molecule has 5 heteroatoms. The lowest BCUT2D eigenvalue weighted by atomic mass is 10.0. The summed E-state index contributed by atoms with van der Waals surface area (Å²) in [6, 6.07) is 16.8. The standard InChI is InChI=1S/C21H25N3O2/c1-15(14-22)19(24-23-18-11-6-5-7-12-18)16-9-8-10-17(13-16)20(25)26-21(2,3)4/h5-14,23H,22H2,1-4H3/b15-14+,24-19+. The molecule has 26 heavy (non-hydrogen) atoms. The number of carbonyl (C=O) groups is 1. The number of carbonyl (C=O) groups excluding carboxylic acids is 1. The van der Waals surface area contributed by atoms with E-state index < -0.39 is 5.60 Å². The number of anilines is 1. The minimum Gasteiger partial charge on any atom is -0.456 e. The lowest BCUT2D eigenvalue weighted by Crippen LogP contribution is -2.24. The number of allylic oxidation sites excluding steroid dienone is 1. The first kappa shape index (κ1) is 19.2. The fourth-order valence-electron chi connectivity index (χ4n) is 2.22. The van der Waals surface area contributed by atoms with Crippen molar-refractivity contribution in [2.24, 2.45) is 10.8 Å². The Morgan fingerprint density at radius 3 is 2.35 bits per heavy atom. The SMILES string of the molecule is CC(=C\N)/C(=N\Nc1ccccc1)c1cccc(C(=O)OC(C)(C)C)c1. The lowest BCUT2D eigenvalue weighted by molar-refractivity contribution is 0.00695. The van der Waals surface area contributed by atoms with Crippen molar-refractivity contribution in [3.8, 4) is 0 Å². The lowest BCUT2D eigenvalue weighted by Gasteiger charge is -2.19. The summed E-state index contributed by atoms with van der Waals surface area (Å²) < 4.78 is 5.44. The molecule has 0 fully saturated rings. The van der Waals surface area contributed by atoms with Crippen LogP contribution in [0.1, 0.15) is 43.6 Å². The van der Waals surface area contributed by atoms with E-state index in [1.165, 1.54) is 6.20 Å². The number of hydrazone groups is 1. The zero-order valence-electron chi connectivity index (χ0n) is 15.6. The van der Waals surface area contributed by atoms with Crippen molar-refractivity contribution in [1.29, 1.82) is 0 Å². The second-order valence-electron chi connectivity index (χ2n) is 6.87. The Morgan fingerprint density at radius 2 is 1.73 bits per heavy atom. The predicted octanol–water partition coefficient (Wildman–Crippen LogP) is 4.32. The number of esters is 1. The highest BCUT2D eigenvalue weighted by Crippen LogP contribution is 2.16. The molecule has 3 N–H and O–H groups in total. The average molecular weight is 351 g/mol. The summed E-state index contributed by atoms with van der Waals surface area (Å²) in [4.78, 5) is 12.3. The molecule has 0 aliphatic rings. The molecule has 0 spiro atoms. The number of nitrogens with one attached hydrogen (secondary N) is 1. The third-order valence-electron chi connectivity index (χ3n) is 3.46. The van der Waals surface area contributed by atoms with Crippen molar-refractivity contribution in [2.75, 3.05) is 5.43 Å². The number of para-hydroxylation sites is 1. The Hall–Kier alpha value is -3.08. The van der Waals surface area contributed by atoms with Gasteiger partial charge in [-0.3, -0.25) is 5.43 Å². The van der Waals surface area contributed by atoms with Crippen molar-refractivity contribution in [2.45, 2.75) is 33.3 Å². The number of hydrogen-bond acceptors (Lipinski definition) is 5. The van der Waals surface area contributed by atoms with Crippen LogP contribution in [-0.2, 0) is 4.74 Å². The molecule has 136 valence electrons. The average Bonchev–Trinajstić information content (AvgIpc) is 2.61. The van der Waals surface area contributed by atoms with Crippen LogP contribution in [0.15, 0.2) is 71.5 Å². The van der Waals surface area contributed by atoms with Gasteiger partial charge >= 0.3 is 5.97 Å². The monoisotopic (exact) mass is 351 g/mol. The van der Waals surface area contributed by atoms with E-state index in [1.54, 1.807) is 18.2 Å².